The number of ether oxygens (including phenoxy) is 1. The minimum atomic E-state index is 0.559. The summed E-state index contributed by atoms with van der Waals surface area (Å²) in [4.78, 5) is 10.1. The number of hydrogen-bond acceptors (Lipinski definition) is 2. The largest absolute Gasteiger partial charge is 0.496 e. The van der Waals surface area contributed by atoms with E-state index in [0.717, 1.165) is 31.4 Å². The van der Waals surface area contributed by atoms with E-state index in [1.807, 2.05) is 18.4 Å². The summed E-state index contributed by atoms with van der Waals surface area (Å²) in [6, 6.07) is 12.5. The van der Waals surface area contributed by atoms with Gasteiger partial charge in [0.25, 0.3) is 0 Å². The predicted molar refractivity (Wildman–Crippen MR) is 78.4 cm³/mol. The van der Waals surface area contributed by atoms with Crippen LogP contribution in [-0.4, -0.2) is 13.4 Å². The summed E-state index contributed by atoms with van der Waals surface area (Å²) in [5, 5.41) is 2.44. The molecule has 0 atom stereocenters. The Morgan fingerprint density at radius 1 is 1.00 bits per heavy atom. The molecule has 0 fully saturated rings. The quantitative estimate of drug-likeness (QED) is 0.697. The molecule has 0 bridgehead atoms. The van der Waals surface area contributed by atoms with Crippen molar-refractivity contribution in [1.29, 1.82) is 0 Å². The molecular weight excluding hydrogens is 236 g/mol. The van der Waals surface area contributed by atoms with E-state index < -0.39 is 0 Å². The zero-order valence-electron chi connectivity index (χ0n) is 11.3. The fourth-order valence-electron chi connectivity index (χ4n) is 2.42. The van der Waals surface area contributed by atoms with Gasteiger partial charge < -0.3 is 4.74 Å². The highest BCUT2D eigenvalue weighted by atomic mass is 16.5. The van der Waals surface area contributed by atoms with Crippen LogP contribution in [0, 0.1) is 0 Å². The Bertz CT molecular complexity index is 546. The molecule has 2 rings (SSSR count). The van der Waals surface area contributed by atoms with Crippen molar-refractivity contribution in [2.45, 2.75) is 32.1 Å². The highest BCUT2D eigenvalue weighted by molar-refractivity contribution is 5.91. The highest BCUT2D eigenvalue weighted by Gasteiger charge is 2.05. The van der Waals surface area contributed by atoms with Gasteiger partial charge in [-0.3, -0.25) is 4.79 Å². The van der Waals surface area contributed by atoms with Gasteiger partial charge in [-0.2, -0.15) is 0 Å². The van der Waals surface area contributed by atoms with Crippen molar-refractivity contribution < 1.29 is 9.53 Å². The molecule has 0 aliphatic carbocycles. The van der Waals surface area contributed by atoms with Gasteiger partial charge in [0.05, 0.1) is 7.11 Å². The molecule has 0 heterocycles. The lowest BCUT2D eigenvalue weighted by atomic mass is 9.99. The van der Waals surface area contributed by atoms with Gasteiger partial charge in [-0.15, -0.1) is 0 Å². The standard InChI is InChI=1S/C17H19O2/c1-19-17-12-11-14(8-4-2-3-7-13-18)15-9-5-6-10-16(15)17/h5-6,9-12H,2-4,7-8H2,1H3. The molecule has 0 aromatic heterocycles. The number of unbranched alkanes of at least 4 members (excludes halogenated alkanes) is 3. The average Bonchev–Trinajstić information content (AvgIpc) is 2.47. The van der Waals surface area contributed by atoms with Gasteiger partial charge in [0.15, 0.2) is 6.29 Å². The van der Waals surface area contributed by atoms with Gasteiger partial charge >= 0.3 is 0 Å². The lowest BCUT2D eigenvalue weighted by Crippen LogP contribution is -1.91. The molecule has 0 unspecified atom stereocenters. The van der Waals surface area contributed by atoms with Gasteiger partial charge in [0.2, 0.25) is 0 Å². The maximum atomic E-state index is 10.1. The van der Waals surface area contributed by atoms with E-state index in [1.54, 1.807) is 7.11 Å². The lowest BCUT2D eigenvalue weighted by molar-refractivity contribution is 0.419. The van der Waals surface area contributed by atoms with E-state index in [1.165, 1.54) is 16.3 Å². The second-order valence-electron chi connectivity index (χ2n) is 4.68. The first-order valence-electron chi connectivity index (χ1n) is 6.76. The minimum absolute atomic E-state index is 0.559. The number of benzene rings is 2. The Hall–Kier alpha value is -1.83. The van der Waals surface area contributed by atoms with Crippen molar-refractivity contribution in [2.75, 3.05) is 7.11 Å². The van der Waals surface area contributed by atoms with Crippen LogP contribution in [-0.2, 0) is 11.2 Å². The van der Waals surface area contributed by atoms with Crippen LogP contribution in [0.3, 0.4) is 0 Å². The van der Waals surface area contributed by atoms with Crippen LogP contribution in [0.25, 0.3) is 10.8 Å². The van der Waals surface area contributed by atoms with E-state index in [9.17, 15) is 4.79 Å². The Kier molecular flexibility index (Phi) is 4.96. The third-order valence-electron chi connectivity index (χ3n) is 3.42. The SMILES string of the molecule is COc1ccc(CCCCC[C]=O)c2ccccc12. The number of rotatable bonds is 7. The monoisotopic (exact) mass is 255 g/mol. The van der Waals surface area contributed by atoms with Crippen LogP contribution < -0.4 is 4.74 Å². The molecule has 0 saturated heterocycles. The molecule has 0 aliphatic heterocycles. The topological polar surface area (TPSA) is 26.3 Å². The van der Waals surface area contributed by atoms with Gasteiger partial charge in [0, 0.05) is 11.8 Å². The fourth-order valence-corrected chi connectivity index (χ4v) is 2.42. The van der Waals surface area contributed by atoms with Crippen LogP contribution in [0.15, 0.2) is 36.4 Å². The van der Waals surface area contributed by atoms with Crippen molar-refractivity contribution in [2.24, 2.45) is 0 Å². The zero-order chi connectivity index (χ0) is 13.5. The first-order valence-corrected chi connectivity index (χ1v) is 6.76. The number of carbonyl (C=O) groups excluding carboxylic acids is 1. The minimum Gasteiger partial charge on any atom is -0.496 e. The van der Waals surface area contributed by atoms with Gasteiger partial charge in [-0.25, -0.2) is 0 Å². The van der Waals surface area contributed by atoms with Crippen molar-refractivity contribution in [3.8, 4) is 5.75 Å². The van der Waals surface area contributed by atoms with Gasteiger partial charge in [-0.1, -0.05) is 36.8 Å². The molecule has 99 valence electrons. The van der Waals surface area contributed by atoms with Crippen LogP contribution in [0.4, 0.5) is 0 Å². The van der Waals surface area contributed by atoms with E-state index in [2.05, 4.69) is 24.3 Å². The van der Waals surface area contributed by atoms with Gasteiger partial charge in [0.1, 0.15) is 5.75 Å². The first-order chi connectivity index (χ1) is 9.36. The molecule has 0 amide bonds. The molecule has 2 nitrogen and oxygen atoms in total. The average molecular weight is 255 g/mol. The number of fused-ring (bicyclic) bond motifs is 1. The lowest BCUT2D eigenvalue weighted by Gasteiger charge is -2.10. The zero-order valence-corrected chi connectivity index (χ0v) is 11.3. The molecule has 1 radical (unpaired) electrons. The molecule has 19 heavy (non-hydrogen) atoms. The third-order valence-corrected chi connectivity index (χ3v) is 3.42. The maximum Gasteiger partial charge on any atom is 0.198 e. The molecule has 2 aromatic rings. The number of methoxy groups -OCH3 is 1. The summed E-state index contributed by atoms with van der Waals surface area (Å²) < 4.78 is 5.40. The Morgan fingerprint density at radius 3 is 2.53 bits per heavy atom. The predicted octanol–water partition coefficient (Wildman–Crippen LogP) is 4.06. The van der Waals surface area contributed by atoms with E-state index in [0.29, 0.717) is 6.42 Å². The highest BCUT2D eigenvalue weighted by Crippen LogP contribution is 2.29. The van der Waals surface area contributed by atoms with Crippen molar-refractivity contribution in [1.82, 2.24) is 0 Å². The van der Waals surface area contributed by atoms with E-state index in [4.69, 9.17) is 4.74 Å². The van der Waals surface area contributed by atoms with Crippen molar-refractivity contribution in [3.63, 3.8) is 0 Å². The second kappa shape index (κ2) is 6.93. The van der Waals surface area contributed by atoms with E-state index in [-0.39, 0.29) is 0 Å². The third kappa shape index (κ3) is 3.34. The molecule has 2 aromatic carbocycles. The summed E-state index contributed by atoms with van der Waals surface area (Å²) in [5.41, 5.74) is 1.35. The molecule has 0 spiro atoms. The van der Waals surface area contributed by atoms with Crippen LogP contribution in [0.1, 0.15) is 31.2 Å². The fraction of sp³-hybridized carbons (Fsp3) is 0.353. The molecule has 0 aliphatic rings. The van der Waals surface area contributed by atoms with Crippen LogP contribution in [0.2, 0.25) is 0 Å². The van der Waals surface area contributed by atoms with Crippen LogP contribution >= 0.6 is 0 Å². The number of hydrogen-bond donors (Lipinski definition) is 0. The summed E-state index contributed by atoms with van der Waals surface area (Å²) in [6.07, 6.45) is 6.68. The molecule has 2 heteroatoms. The molecular formula is C17H19O2. The summed E-state index contributed by atoms with van der Waals surface area (Å²) in [7, 11) is 1.71. The Balaban J connectivity index is 2.13. The first kappa shape index (κ1) is 13.6. The Morgan fingerprint density at radius 2 is 1.79 bits per heavy atom. The van der Waals surface area contributed by atoms with Crippen LogP contribution in [0.5, 0.6) is 5.75 Å². The maximum absolute atomic E-state index is 10.1. The van der Waals surface area contributed by atoms with Crippen molar-refractivity contribution in [3.05, 3.63) is 42.0 Å². The molecule has 0 N–H and O–H groups in total. The molecule has 0 saturated carbocycles. The summed E-state index contributed by atoms with van der Waals surface area (Å²) in [5.74, 6) is 0.926. The second-order valence-corrected chi connectivity index (χ2v) is 4.68. The summed E-state index contributed by atoms with van der Waals surface area (Å²) >= 11 is 0. The smallest absolute Gasteiger partial charge is 0.198 e. The summed E-state index contributed by atoms with van der Waals surface area (Å²) in [6.45, 7) is 0. The Labute approximate surface area is 114 Å². The van der Waals surface area contributed by atoms with Crippen molar-refractivity contribution >= 4 is 17.1 Å². The van der Waals surface area contributed by atoms with Gasteiger partial charge in [-0.05, 0) is 36.3 Å². The number of aryl methyl sites for hydroxylation is 1. The van der Waals surface area contributed by atoms with E-state index >= 15 is 0 Å². The normalized spacial score (nSPS) is 10.6.